The molecule has 0 atom stereocenters. The molecule has 68 heavy (non-hydrogen) atoms. The van der Waals surface area contributed by atoms with Gasteiger partial charge in [-0.2, -0.15) is 24.1 Å². The summed E-state index contributed by atoms with van der Waals surface area (Å²) in [4.78, 5) is 4.25. The van der Waals surface area contributed by atoms with Crippen molar-refractivity contribution in [3.63, 3.8) is 0 Å². The van der Waals surface area contributed by atoms with Crippen LogP contribution in [0.25, 0.3) is 11.3 Å². The van der Waals surface area contributed by atoms with Crippen LogP contribution in [0.3, 0.4) is 0 Å². The molecule has 1 heterocycles. The van der Waals surface area contributed by atoms with Crippen LogP contribution in [-0.2, 0) is 30.5 Å². The number of nitrogens with zero attached hydrogens (tertiary/aromatic N) is 1. The van der Waals surface area contributed by atoms with Crippen molar-refractivity contribution in [2.75, 3.05) is 22.8 Å². The standard InChI is InChI=1S/C38H34BP2.C11H9N.2CH2Cl2.CHF3O3S.Pd/c1-7-19-33(20-8-1)39(34-21-9-2-10-22-34,31-40(35-23-11-3-12-24-35)36-25-13-4-14-26-36)32-41(37-27-15-5-16-28-37)38-29-17-6-18-30-38;1-2-6-10(7-3-1)11-8-4-5-9-12-11;2*2-1-3;2-1(3,4)8(5,6)7;/h1-30H,31-32H2;1-9H;2*1H2;(H,5,6,7);/q-1;;;;;+2/p+1. The second kappa shape index (κ2) is 31.4. The van der Waals surface area contributed by atoms with E-state index in [0.29, 0.717) is 0 Å². The quantitative estimate of drug-likeness (QED) is 0.0425. The van der Waals surface area contributed by atoms with Crippen molar-refractivity contribution >= 4 is 111 Å². The van der Waals surface area contributed by atoms with Crippen LogP contribution in [0.4, 0.5) is 13.2 Å². The molecular formula is C52H49BCl4F3NO3P2PdS+2. The van der Waals surface area contributed by atoms with Crippen molar-refractivity contribution in [1.82, 2.24) is 4.98 Å². The molecule has 0 aliphatic carbocycles. The Bertz CT molecular complexity index is 2410. The smallest absolute Gasteiger partial charge is 0.741 e. The van der Waals surface area contributed by atoms with Gasteiger partial charge < -0.3 is 4.55 Å². The zero-order valence-electron chi connectivity index (χ0n) is 36.5. The fourth-order valence-corrected chi connectivity index (χ4v) is 14.5. The largest absolute Gasteiger partial charge is 2.00 e. The summed E-state index contributed by atoms with van der Waals surface area (Å²) in [7, 11) is -8.32. The average Bonchev–Trinajstić information content (AvgIpc) is 3.37. The molecule has 0 aliphatic rings. The van der Waals surface area contributed by atoms with Gasteiger partial charge in [0.05, 0.1) is 37.6 Å². The molecule has 0 fully saturated rings. The first-order valence-electron chi connectivity index (χ1n) is 20.8. The molecule has 4 nitrogen and oxygen atoms in total. The Morgan fingerprint density at radius 1 is 0.456 bits per heavy atom. The minimum atomic E-state index is -6.09. The Labute approximate surface area is 435 Å². The molecule has 0 saturated heterocycles. The molecule has 7 aromatic carbocycles. The van der Waals surface area contributed by atoms with Gasteiger partial charge in [0.15, 0.2) is 10.1 Å². The van der Waals surface area contributed by atoms with E-state index in [1.165, 1.54) is 32.1 Å². The first-order valence-corrected chi connectivity index (χ1v) is 27.8. The summed E-state index contributed by atoms with van der Waals surface area (Å²) in [5.41, 5.74) is -0.506. The number of alkyl halides is 7. The van der Waals surface area contributed by atoms with E-state index in [0.717, 1.165) is 23.4 Å². The molecular weight excluding hydrogens is 1100 g/mol. The van der Waals surface area contributed by atoms with Crippen LogP contribution in [0.2, 0.25) is 0 Å². The molecule has 356 valence electrons. The number of hydrogen-bond acceptors (Lipinski definition) is 4. The molecule has 0 bridgehead atoms. The van der Waals surface area contributed by atoms with Gasteiger partial charge >= 0.3 is 25.9 Å². The molecule has 0 unspecified atom stereocenters. The van der Waals surface area contributed by atoms with Crippen LogP contribution in [0.5, 0.6) is 0 Å². The molecule has 8 aromatic rings. The summed E-state index contributed by atoms with van der Waals surface area (Å²) in [6.07, 6.45) is 0.676. The summed E-state index contributed by atoms with van der Waals surface area (Å²) >= 11 is 19.1. The third-order valence-corrected chi connectivity index (χ3v) is 17.4. The summed E-state index contributed by atoms with van der Waals surface area (Å²) in [6.45, 7) is 0. The van der Waals surface area contributed by atoms with Gasteiger partial charge in [-0.3, -0.25) is 4.98 Å². The summed E-state index contributed by atoms with van der Waals surface area (Å²) < 4.78 is 58.9. The molecule has 16 heteroatoms. The SMILES string of the molecule is ClCCl.ClCCl.O=S(=O)([O-])C(F)(F)F.[Pd+2].c1ccc(-c2ccccn2)cc1.c1ccc([PH+](C[B-](C[PH+](c2ccccc2)c2ccccc2)(c2ccccc2)c2ccccc2)c2ccccc2)cc1. The van der Waals surface area contributed by atoms with Crippen LogP contribution in [-0.4, -0.2) is 52.4 Å². The van der Waals surface area contributed by atoms with Crippen LogP contribution in [0, 0.1) is 0 Å². The third kappa shape index (κ3) is 18.8. The molecule has 0 aliphatic heterocycles. The summed E-state index contributed by atoms with van der Waals surface area (Å²) in [5.74, 6) is 0. The monoisotopic (exact) mass is 1140 g/mol. The van der Waals surface area contributed by atoms with Gasteiger partial charge in [-0.25, -0.2) is 8.42 Å². The molecule has 0 radical (unpaired) electrons. The maximum atomic E-state index is 10.7. The molecule has 1 aromatic heterocycles. The predicted octanol–water partition coefficient (Wildman–Crippen LogP) is 11.7. The van der Waals surface area contributed by atoms with E-state index in [1.54, 1.807) is 0 Å². The number of aromatic nitrogens is 1. The molecule has 0 N–H and O–H groups in total. The van der Waals surface area contributed by atoms with E-state index in [1.807, 2.05) is 42.6 Å². The van der Waals surface area contributed by atoms with Crippen molar-refractivity contribution < 1.29 is 46.6 Å². The van der Waals surface area contributed by atoms with Crippen molar-refractivity contribution in [2.24, 2.45) is 0 Å². The Kier molecular flexibility index (Phi) is 27.0. The zero-order valence-corrected chi connectivity index (χ0v) is 43.9. The van der Waals surface area contributed by atoms with Gasteiger partial charge in [-0.15, -0.1) is 46.4 Å². The van der Waals surface area contributed by atoms with Crippen LogP contribution < -0.4 is 32.1 Å². The summed E-state index contributed by atoms with van der Waals surface area (Å²) in [6, 6.07) is 86.4. The van der Waals surface area contributed by atoms with Gasteiger partial charge in [0.2, 0.25) is 0 Å². The predicted molar refractivity (Wildman–Crippen MR) is 287 cm³/mol. The molecule has 8 rings (SSSR count). The van der Waals surface area contributed by atoms with E-state index >= 15 is 0 Å². The van der Waals surface area contributed by atoms with E-state index < -0.39 is 37.6 Å². The zero-order chi connectivity index (χ0) is 48.4. The second-order valence-electron chi connectivity index (χ2n) is 14.6. The van der Waals surface area contributed by atoms with Gasteiger partial charge in [0.1, 0.15) is 6.15 Å². The van der Waals surface area contributed by atoms with Crippen molar-refractivity contribution in [3.8, 4) is 11.3 Å². The van der Waals surface area contributed by atoms with Crippen LogP contribution >= 0.6 is 62.2 Å². The first kappa shape index (κ1) is 58.5. The van der Waals surface area contributed by atoms with Gasteiger partial charge in [-0.05, 0) is 72.8 Å². The molecule has 0 saturated carbocycles. The van der Waals surface area contributed by atoms with Crippen LogP contribution in [0.1, 0.15) is 0 Å². The minimum absolute atomic E-state index is 0. The normalized spacial score (nSPS) is 10.9. The maximum Gasteiger partial charge on any atom is 2.00 e. The fourth-order valence-electron chi connectivity index (χ4n) is 7.58. The second-order valence-corrected chi connectivity index (χ2v) is 22.6. The van der Waals surface area contributed by atoms with Crippen molar-refractivity contribution in [2.45, 2.75) is 5.51 Å². The number of rotatable bonds is 11. The Morgan fingerprint density at radius 3 is 0.956 bits per heavy atom. The van der Waals surface area contributed by atoms with E-state index in [4.69, 9.17) is 59.4 Å². The van der Waals surface area contributed by atoms with Gasteiger partial charge in [0.25, 0.3) is 0 Å². The van der Waals surface area contributed by atoms with Crippen molar-refractivity contribution in [1.29, 1.82) is 0 Å². The number of halogens is 7. The van der Waals surface area contributed by atoms with Crippen LogP contribution in [0.15, 0.2) is 237 Å². The van der Waals surface area contributed by atoms with Gasteiger partial charge in [0, 0.05) is 27.6 Å². The first-order chi connectivity index (χ1) is 32.4. The molecule has 0 spiro atoms. The van der Waals surface area contributed by atoms with E-state index in [2.05, 4.69) is 199 Å². The molecule has 0 amide bonds. The average molecular weight is 1150 g/mol. The fraction of sp³-hybridized carbons (Fsp3) is 0.0962. The van der Waals surface area contributed by atoms with E-state index in [-0.39, 0.29) is 31.1 Å². The minimum Gasteiger partial charge on any atom is -0.741 e. The number of benzene rings is 7. The third-order valence-electron chi connectivity index (χ3n) is 10.5. The summed E-state index contributed by atoms with van der Waals surface area (Å²) in [5, 5.41) is 6.31. The number of hydrogen-bond donors (Lipinski definition) is 0. The topological polar surface area (TPSA) is 70.1 Å². The van der Waals surface area contributed by atoms with Gasteiger partial charge in [-0.1, -0.05) is 170 Å². The van der Waals surface area contributed by atoms with E-state index in [9.17, 15) is 13.2 Å². The van der Waals surface area contributed by atoms with Crippen molar-refractivity contribution in [3.05, 3.63) is 237 Å². The Hall–Kier alpha value is -3.86. The maximum absolute atomic E-state index is 10.7. The number of pyridine rings is 1. The Morgan fingerprint density at radius 2 is 0.706 bits per heavy atom. The Balaban J connectivity index is 0.000000370.